The fourth-order valence-corrected chi connectivity index (χ4v) is 1.53. The second-order valence-corrected chi connectivity index (χ2v) is 4.21. The van der Waals surface area contributed by atoms with Crippen LogP contribution in [0.25, 0.3) is 0 Å². The molecule has 0 spiro atoms. The Hall–Kier alpha value is -0.540. The standard InChI is InChI=1S/C9H5BrF7N.ClH/c10-3-1-2-4(11)5(6(3)12)7(18)8(13,14)9(15,16)17;/h1-2,7H,18H2;1H/t7-;/m0./s1. The zero-order valence-corrected chi connectivity index (χ0v) is 11.1. The van der Waals surface area contributed by atoms with Crippen molar-refractivity contribution in [2.24, 2.45) is 5.73 Å². The molecule has 0 bridgehead atoms. The Kier molecular flexibility index (Phi) is 5.67. The van der Waals surface area contributed by atoms with Crippen molar-refractivity contribution in [2.45, 2.75) is 18.1 Å². The third-order valence-electron chi connectivity index (χ3n) is 2.16. The van der Waals surface area contributed by atoms with Crippen LogP contribution in [0.5, 0.6) is 0 Å². The number of hydrogen-bond acceptors (Lipinski definition) is 1. The van der Waals surface area contributed by atoms with Gasteiger partial charge in [0.15, 0.2) is 0 Å². The van der Waals surface area contributed by atoms with Crippen LogP contribution in [0.2, 0.25) is 0 Å². The number of rotatable bonds is 2. The Morgan fingerprint density at radius 3 is 1.95 bits per heavy atom. The van der Waals surface area contributed by atoms with Gasteiger partial charge in [0, 0.05) is 5.56 Å². The van der Waals surface area contributed by atoms with Crippen molar-refractivity contribution in [3.05, 3.63) is 33.8 Å². The highest BCUT2D eigenvalue weighted by Gasteiger charge is 2.62. The van der Waals surface area contributed by atoms with Gasteiger partial charge in [0.25, 0.3) is 0 Å². The van der Waals surface area contributed by atoms with Crippen molar-refractivity contribution < 1.29 is 30.7 Å². The molecule has 0 saturated heterocycles. The predicted octanol–water partition coefficient (Wildman–Crippen LogP) is 4.35. The molecule has 110 valence electrons. The molecule has 0 unspecified atom stereocenters. The van der Waals surface area contributed by atoms with Crippen LogP contribution in [0.15, 0.2) is 16.6 Å². The Balaban J connectivity index is 0.00000324. The highest BCUT2D eigenvalue weighted by molar-refractivity contribution is 9.10. The minimum Gasteiger partial charge on any atom is -0.319 e. The zero-order valence-electron chi connectivity index (χ0n) is 8.74. The number of hydrogen-bond donors (Lipinski definition) is 1. The second kappa shape index (κ2) is 5.84. The summed E-state index contributed by atoms with van der Waals surface area (Å²) in [5.41, 5.74) is 3.14. The second-order valence-electron chi connectivity index (χ2n) is 3.36. The van der Waals surface area contributed by atoms with Gasteiger partial charge in [0.1, 0.15) is 17.7 Å². The lowest BCUT2D eigenvalue weighted by atomic mass is 10.00. The number of nitrogens with two attached hydrogens (primary N) is 1. The molecule has 10 heteroatoms. The largest absolute Gasteiger partial charge is 0.455 e. The van der Waals surface area contributed by atoms with Crippen LogP contribution in [0.4, 0.5) is 30.7 Å². The molecule has 0 amide bonds. The summed E-state index contributed by atoms with van der Waals surface area (Å²) in [7, 11) is 0. The van der Waals surface area contributed by atoms with Crippen molar-refractivity contribution in [1.82, 2.24) is 0 Å². The molecule has 0 aliphatic heterocycles. The van der Waals surface area contributed by atoms with Gasteiger partial charge in [0.05, 0.1) is 4.47 Å². The maximum Gasteiger partial charge on any atom is 0.455 e. The van der Waals surface area contributed by atoms with Crippen LogP contribution in [0.1, 0.15) is 11.6 Å². The van der Waals surface area contributed by atoms with Gasteiger partial charge in [-0.05, 0) is 28.1 Å². The lowest BCUT2D eigenvalue weighted by Gasteiger charge is -2.26. The molecule has 0 heterocycles. The lowest BCUT2D eigenvalue weighted by Crippen LogP contribution is -2.46. The summed E-state index contributed by atoms with van der Waals surface area (Å²) in [6.45, 7) is 0. The molecule has 0 aromatic heterocycles. The molecule has 0 aliphatic carbocycles. The third kappa shape index (κ3) is 3.32. The van der Waals surface area contributed by atoms with Crippen LogP contribution in [0, 0.1) is 11.6 Å². The summed E-state index contributed by atoms with van der Waals surface area (Å²) < 4.78 is 88.0. The minimum absolute atomic E-state index is 0. The number of benzene rings is 1. The fraction of sp³-hybridized carbons (Fsp3) is 0.333. The van der Waals surface area contributed by atoms with Crippen molar-refractivity contribution in [2.75, 3.05) is 0 Å². The smallest absolute Gasteiger partial charge is 0.319 e. The monoisotopic (exact) mass is 375 g/mol. The Morgan fingerprint density at radius 2 is 1.53 bits per heavy atom. The SMILES string of the molecule is Cl.N[C@@H](c1c(F)ccc(Br)c1F)C(F)(F)C(F)(F)F. The quantitative estimate of drug-likeness (QED) is 0.603. The average Bonchev–Trinajstić information content (AvgIpc) is 2.22. The number of halogens is 9. The first-order valence-corrected chi connectivity index (χ1v) is 5.13. The van der Waals surface area contributed by atoms with E-state index in [0.717, 1.165) is 6.07 Å². The summed E-state index contributed by atoms with van der Waals surface area (Å²) in [5, 5.41) is 0. The molecular formula is C9H6BrClF7N. The van der Waals surface area contributed by atoms with E-state index < -0.39 is 39.8 Å². The summed E-state index contributed by atoms with van der Waals surface area (Å²) in [4.78, 5) is 0. The van der Waals surface area contributed by atoms with Gasteiger partial charge >= 0.3 is 12.1 Å². The van der Waals surface area contributed by atoms with Crippen LogP contribution in [-0.2, 0) is 0 Å². The Morgan fingerprint density at radius 1 is 1.05 bits per heavy atom. The van der Waals surface area contributed by atoms with Crippen LogP contribution in [0.3, 0.4) is 0 Å². The summed E-state index contributed by atoms with van der Waals surface area (Å²) >= 11 is 2.54. The molecule has 1 aromatic carbocycles. The van der Waals surface area contributed by atoms with Gasteiger partial charge in [-0.15, -0.1) is 12.4 Å². The minimum atomic E-state index is -6.01. The Bertz CT molecular complexity index is 463. The normalized spacial score (nSPS) is 13.9. The molecule has 0 saturated carbocycles. The van der Waals surface area contributed by atoms with E-state index in [2.05, 4.69) is 21.7 Å². The molecule has 1 atom stereocenters. The number of alkyl halides is 5. The van der Waals surface area contributed by atoms with E-state index in [1.807, 2.05) is 0 Å². The highest BCUT2D eigenvalue weighted by atomic mass is 79.9. The summed E-state index contributed by atoms with van der Waals surface area (Å²) in [5.74, 6) is -8.62. The van der Waals surface area contributed by atoms with E-state index in [4.69, 9.17) is 0 Å². The van der Waals surface area contributed by atoms with Crippen molar-refractivity contribution in [1.29, 1.82) is 0 Å². The topological polar surface area (TPSA) is 26.0 Å². The van der Waals surface area contributed by atoms with Gasteiger partial charge in [-0.1, -0.05) is 0 Å². The molecule has 1 rings (SSSR count). The maximum absolute atomic E-state index is 13.4. The van der Waals surface area contributed by atoms with E-state index in [0.29, 0.717) is 6.07 Å². The first-order valence-electron chi connectivity index (χ1n) is 4.33. The first kappa shape index (κ1) is 18.5. The third-order valence-corrected chi connectivity index (χ3v) is 2.77. The summed E-state index contributed by atoms with van der Waals surface area (Å²) in [6.07, 6.45) is -6.01. The first-order chi connectivity index (χ1) is 8.00. The van der Waals surface area contributed by atoms with Crippen molar-refractivity contribution in [3.63, 3.8) is 0 Å². The van der Waals surface area contributed by atoms with Crippen molar-refractivity contribution >= 4 is 28.3 Å². The highest BCUT2D eigenvalue weighted by Crippen LogP contribution is 2.44. The van der Waals surface area contributed by atoms with Crippen LogP contribution >= 0.6 is 28.3 Å². The molecule has 19 heavy (non-hydrogen) atoms. The van der Waals surface area contributed by atoms with Crippen molar-refractivity contribution in [3.8, 4) is 0 Å². The molecule has 1 nitrogen and oxygen atoms in total. The average molecular weight is 376 g/mol. The fourth-order valence-electron chi connectivity index (χ4n) is 1.19. The lowest BCUT2D eigenvalue weighted by molar-refractivity contribution is -0.291. The Labute approximate surface area is 117 Å². The van der Waals surface area contributed by atoms with Crippen LogP contribution in [-0.4, -0.2) is 12.1 Å². The van der Waals surface area contributed by atoms with Crippen LogP contribution < -0.4 is 5.73 Å². The van der Waals surface area contributed by atoms with E-state index in [1.165, 1.54) is 0 Å². The van der Waals surface area contributed by atoms with E-state index >= 15 is 0 Å². The van der Waals surface area contributed by atoms with Gasteiger partial charge < -0.3 is 5.73 Å². The van der Waals surface area contributed by atoms with Gasteiger partial charge in [-0.25, -0.2) is 8.78 Å². The molecule has 2 N–H and O–H groups in total. The van der Waals surface area contributed by atoms with E-state index in [1.54, 1.807) is 0 Å². The van der Waals surface area contributed by atoms with Gasteiger partial charge in [0.2, 0.25) is 0 Å². The molecule has 0 aliphatic rings. The summed E-state index contributed by atoms with van der Waals surface area (Å²) in [6, 6.07) is -1.81. The van der Waals surface area contributed by atoms with E-state index in [9.17, 15) is 30.7 Å². The van der Waals surface area contributed by atoms with Gasteiger partial charge in [-0.2, -0.15) is 22.0 Å². The predicted molar refractivity (Wildman–Crippen MR) is 59.2 cm³/mol. The zero-order chi connectivity index (χ0) is 14.3. The molecule has 0 radical (unpaired) electrons. The van der Waals surface area contributed by atoms with E-state index in [-0.39, 0.29) is 12.4 Å². The van der Waals surface area contributed by atoms with Gasteiger partial charge in [-0.3, -0.25) is 0 Å². The molecular weight excluding hydrogens is 370 g/mol. The maximum atomic E-state index is 13.4. The molecule has 1 aromatic rings. The molecule has 0 fully saturated rings.